The van der Waals surface area contributed by atoms with E-state index in [1.807, 2.05) is 0 Å². The molecule has 4 rings (SSSR count). The fourth-order valence-corrected chi connectivity index (χ4v) is 15.8. The third-order valence-electron chi connectivity index (χ3n) is 10.8. The van der Waals surface area contributed by atoms with Gasteiger partial charge in [-0.3, -0.25) is 0 Å². The summed E-state index contributed by atoms with van der Waals surface area (Å²) >= 11 is 2.61. The Morgan fingerprint density at radius 3 is 0.958 bits per heavy atom. The zero-order chi connectivity index (χ0) is 34.1. The van der Waals surface area contributed by atoms with Crippen LogP contribution in [0.1, 0.15) is 133 Å². The van der Waals surface area contributed by atoms with Crippen molar-refractivity contribution < 1.29 is 57.7 Å². The number of halogens is 3. The molecule has 3 aromatic carbocycles. The van der Waals surface area contributed by atoms with E-state index in [2.05, 4.69) is 198 Å². The molecule has 5 heteroatoms. The van der Waals surface area contributed by atoms with Gasteiger partial charge in [0.25, 0.3) is 0 Å². The number of benzene rings is 3. The standard InChI is InChI=1S/C43H59Si.3ClH.Ti/c1-28-29(2)31(4)39(30(28)3)44(36-20-18-17-19-21-36,37-24-32(40(5,6)7)22-33(25-37)41(8,9)10)38-26-34(42(11,12)13)23-35(27-38)43(14,15)16;;;;/h17-27H,1-16H3;3*1H;/q;;;;+3/p-3. The second kappa shape index (κ2) is 14.9. The van der Waals surface area contributed by atoms with Crippen LogP contribution in [-0.4, -0.2) is 8.07 Å². The van der Waals surface area contributed by atoms with Gasteiger partial charge in [0.05, 0.1) is 0 Å². The molecular weight excluding hydrogens is 699 g/mol. The molecule has 0 atom stereocenters. The minimum absolute atomic E-state index is 0. The third kappa shape index (κ3) is 7.73. The largest absolute Gasteiger partial charge is 1.00 e. The van der Waals surface area contributed by atoms with Crippen molar-refractivity contribution >= 4 is 23.6 Å². The van der Waals surface area contributed by atoms with Crippen LogP contribution in [0, 0.1) is 0 Å². The second-order valence-electron chi connectivity index (χ2n) is 18.0. The van der Waals surface area contributed by atoms with Crippen LogP contribution in [0.2, 0.25) is 3.34 Å². The van der Waals surface area contributed by atoms with E-state index >= 15 is 0 Å². The summed E-state index contributed by atoms with van der Waals surface area (Å²) in [6.45, 7) is 38.2. The fraction of sp³-hybridized carbons (Fsp3) is 0.488. The average Bonchev–Trinajstić information content (AvgIpc) is 3.07. The quantitative estimate of drug-likeness (QED) is 0.279. The van der Waals surface area contributed by atoms with Gasteiger partial charge in [0.2, 0.25) is 0 Å². The number of rotatable bonds is 4. The van der Waals surface area contributed by atoms with Crippen LogP contribution in [0.3, 0.4) is 0 Å². The molecule has 0 radical (unpaired) electrons. The Morgan fingerprint density at radius 1 is 0.438 bits per heavy atom. The topological polar surface area (TPSA) is 0 Å². The van der Waals surface area contributed by atoms with E-state index in [1.165, 1.54) is 60.1 Å². The Labute approximate surface area is 326 Å². The second-order valence-corrected chi connectivity index (χ2v) is 23.9. The molecule has 0 saturated carbocycles. The number of allylic oxidation sites excluding steroid dienone is 4. The molecule has 0 fully saturated rings. The SMILES string of the molecule is CC1=C(C)[C]([Ti+3])([Si](c2ccccc2)(c2cc(C(C)(C)C)cc(C(C)(C)C)c2)c2cc(C(C)(C)C)cc(C(C)(C)C)c2)C(C)=C1C.[Cl-].[Cl-].[Cl-]. The molecule has 48 heavy (non-hydrogen) atoms. The summed E-state index contributed by atoms with van der Waals surface area (Å²) < 4.78 is -0.153. The van der Waals surface area contributed by atoms with Gasteiger partial charge in [0.15, 0.2) is 0 Å². The van der Waals surface area contributed by atoms with Gasteiger partial charge in [-0.25, -0.2) is 0 Å². The molecule has 0 heterocycles. The Hall–Kier alpha value is -1.06. The van der Waals surface area contributed by atoms with Crippen LogP contribution in [0.15, 0.2) is 89.0 Å². The summed E-state index contributed by atoms with van der Waals surface area (Å²) in [4.78, 5) is 0. The Balaban J connectivity index is 0.00000384. The summed E-state index contributed by atoms with van der Waals surface area (Å²) in [6, 6.07) is 27.2. The van der Waals surface area contributed by atoms with Crippen LogP contribution in [0.5, 0.6) is 0 Å². The average molecular weight is 758 g/mol. The summed E-state index contributed by atoms with van der Waals surface area (Å²) in [5.74, 6) is 0. The molecule has 0 aliphatic heterocycles. The normalized spacial score (nSPS) is 15.5. The van der Waals surface area contributed by atoms with Gasteiger partial charge in [0, 0.05) is 0 Å². The van der Waals surface area contributed by atoms with Crippen molar-refractivity contribution in [3.8, 4) is 0 Å². The van der Waals surface area contributed by atoms with E-state index in [1.54, 1.807) is 0 Å². The summed E-state index contributed by atoms with van der Waals surface area (Å²) in [5.41, 5.74) is 11.8. The molecule has 0 nitrogen and oxygen atoms in total. The first-order valence-electron chi connectivity index (χ1n) is 16.9. The van der Waals surface area contributed by atoms with E-state index < -0.39 is 8.07 Å². The van der Waals surface area contributed by atoms with Crippen LogP contribution in [-0.2, 0) is 42.1 Å². The van der Waals surface area contributed by atoms with E-state index in [-0.39, 0.29) is 62.2 Å². The van der Waals surface area contributed by atoms with Gasteiger partial charge >= 0.3 is 291 Å². The predicted octanol–water partition coefficient (Wildman–Crippen LogP) is 1.29. The Morgan fingerprint density at radius 2 is 0.708 bits per heavy atom. The molecule has 0 spiro atoms. The maximum Gasteiger partial charge on any atom is -1.00 e. The van der Waals surface area contributed by atoms with E-state index in [0.29, 0.717) is 0 Å². The van der Waals surface area contributed by atoms with Gasteiger partial charge in [-0.2, -0.15) is 0 Å². The Bertz CT molecular complexity index is 1510. The molecule has 1 aliphatic rings. The minimum Gasteiger partial charge on any atom is -1.00 e. The summed E-state index contributed by atoms with van der Waals surface area (Å²) in [5, 5.41) is 4.55. The monoisotopic (exact) mass is 756 g/mol. The van der Waals surface area contributed by atoms with Crippen molar-refractivity contribution in [1.29, 1.82) is 0 Å². The maximum absolute atomic E-state index is 2.88. The molecule has 3 aromatic rings. The smallest absolute Gasteiger partial charge is 1.00 e. The molecule has 0 bridgehead atoms. The molecule has 0 amide bonds. The van der Waals surface area contributed by atoms with Crippen molar-refractivity contribution in [2.45, 2.75) is 136 Å². The van der Waals surface area contributed by atoms with Crippen molar-refractivity contribution in [1.82, 2.24) is 0 Å². The summed E-state index contributed by atoms with van der Waals surface area (Å²) in [7, 11) is -2.88. The van der Waals surface area contributed by atoms with E-state index in [0.717, 1.165) is 0 Å². The zero-order valence-electron chi connectivity index (χ0n) is 32.5. The first kappa shape index (κ1) is 45.0. The van der Waals surface area contributed by atoms with Gasteiger partial charge in [0.1, 0.15) is 0 Å². The van der Waals surface area contributed by atoms with Crippen LogP contribution in [0.4, 0.5) is 0 Å². The van der Waals surface area contributed by atoms with Gasteiger partial charge in [-0.05, 0) is 0 Å². The maximum atomic E-state index is 2.63. The number of hydrogen-bond donors (Lipinski definition) is 0. The van der Waals surface area contributed by atoms with Crippen molar-refractivity contribution in [3.63, 3.8) is 0 Å². The zero-order valence-corrected chi connectivity index (χ0v) is 37.3. The van der Waals surface area contributed by atoms with Crippen molar-refractivity contribution in [2.24, 2.45) is 0 Å². The van der Waals surface area contributed by atoms with Crippen LogP contribution in [0.25, 0.3) is 0 Å². The summed E-state index contributed by atoms with van der Waals surface area (Å²) in [6.07, 6.45) is 0. The molecule has 0 saturated heterocycles. The molecule has 0 N–H and O–H groups in total. The van der Waals surface area contributed by atoms with Gasteiger partial charge in [-0.15, -0.1) is 0 Å². The van der Waals surface area contributed by atoms with Gasteiger partial charge in [-0.1, -0.05) is 0 Å². The van der Waals surface area contributed by atoms with Crippen LogP contribution >= 0.6 is 0 Å². The van der Waals surface area contributed by atoms with E-state index in [4.69, 9.17) is 0 Å². The third-order valence-corrected chi connectivity index (χ3v) is 19.1. The first-order valence-corrected chi connectivity index (χ1v) is 19.7. The van der Waals surface area contributed by atoms with Crippen molar-refractivity contribution in [2.75, 3.05) is 0 Å². The molecule has 1 aliphatic carbocycles. The van der Waals surface area contributed by atoms with Gasteiger partial charge < -0.3 is 37.2 Å². The van der Waals surface area contributed by atoms with Crippen LogP contribution < -0.4 is 52.8 Å². The molecule has 0 aromatic heterocycles. The fourth-order valence-electron chi connectivity index (χ4n) is 7.23. The molecule has 0 unspecified atom stereocenters. The van der Waals surface area contributed by atoms with Crippen molar-refractivity contribution in [3.05, 3.63) is 111 Å². The minimum atomic E-state index is -2.88. The predicted molar refractivity (Wildman–Crippen MR) is 198 cm³/mol. The first-order chi connectivity index (χ1) is 20.4. The van der Waals surface area contributed by atoms with E-state index in [9.17, 15) is 0 Å². The Kier molecular flexibility index (Phi) is 13.9. The molecule has 260 valence electrons. The number of hydrogen-bond acceptors (Lipinski definition) is 0. The molecular formula is C43H59Cl3SiTi.